The van der Waals surface area contributed by atoms with E-state index in [1.54, 1.807) is 0 Å². The molecule has 9 rings (SSSR count). The number of hydrogen-bond acceptors (Lipinski definition) is 0. The van der Waals surface area contributed by atoms with Gasteiger partial charge >= 0.3 is 0 Å². The average Bonchev–Trinajstić information content (AvgIpc) is 3.49. The molecule has 0 saturated heterocycles. The van der Waals surface area contributed by atoms with Crippen LogP contribution in [0.15, 0.2) is 164 Å². The van der Waals surface area contributed by atoms with Crippen LogP contribution in [0.5, 0.6) is 0 Å². The van der Waals surface area contributed by atoms with E-state index in [2.05, 4.69) is 71.3 Å². The SMILES string of the molecule is [2H]c1c([2H])c([2H])c2c([2H])c(-c3c4ccccc4c(-c4cccc5c4c4ccccc4n5-c4ccccc4)c4ccccc34)c([2H])c([2H])c2c1[2H]. The van der Waals surface area contributed by atoms with Crippen LogP contribution in [0.3, 0.4) is 0 Å². The zero-order valence-electron chi connectivity index (χ0n) is 30.0. The van der Waals surface area contributed by atoms with E-state index in [0.29, 0.717) is 5.56 Å². The van der Waals surface area contributed by atoms with Gasteiger partial charge in [-0.3, -0.25) is 0 Å². The maximum Gasteiger partial charge on any atom is 0.0636 e. The van der Waals surface area contributed by atoms with Crippen LogP contribution in [0.4, 0.5) is 0 Å². The second kappa shape index (κ2) is 9.44. The second-order valence-electron chi connectivity index (χ2n) is 10.7. The molecule has 0 unspecified atom stereocenters. The number of hydrogen-bond donors (Lipinski definition) is 0. The maximum absolute atomic E-state index is 9.42. The van der Waals surface area contributed by atoms with Gasteiger partial charge in [0.2, 0.25) is 0 Å². The summed E-state index contributed by atoms with van der Waals surface area (Å²) >= 11 is 0. The Bertz CT molecular complexity index is 2840. The highest BCUT2D eigenvalue weighted by Gasteiger charge is 2.21. The summed E-state index contributed by atoms with van der Waals surface area (Å²) in [5.74, 6) is 0. The standard InChI is InChI=1S/C42H27N/c1-2-15-31(16-3-1)43-38-23-11-10-21-36(38)42-37(22-12-24-39(42)43)41-34-19-8-6-17-32(34)40(33-18-7-9-20-35(33)41)30-26-25-28-13-4-5-14-29(28)27-30/h1-27H/i4D,5D,13D,14D,25D,26D,27D. The van der Waals surface area contributed by atoms with Crippen molar-refractivity contribution < 1.29 is 9.60 Å². The van der Waals surface area contributed by atoms with Crippen LogP contribution in [0.25, 0.3) is 82.1 Å². The van der Waals surface area contributed by atoms with Gasteiger partial charge in [0.05, 0.1) is 20.6 Å². The van der Waals surface area contributed by atoms with Crippen molar-refractivity contribution in [1.82, 2.24) is 4.57 Å². The minimum absolute atomic E-state index is 0.0530. The van der Waals surface area contributed by atoms with E-state index < -0.39 is 18.1 Å². The molecule has 0 spiro atoms. The van der Waals surface area contributed by atoms with E-state index in [9.17, 15) is 2.74 Å². The fourth-order valence-electron chi connectivity index (χ4n) is 6.68. The van der Waals surface area contributed by atoms with Gasteiger partial charge in [-0.05, 0) is 84.9 Å². The molecule has 8 aromatic carbocycles. The van der Waals surface area contributed by atoms with Crippen molar-refractivity contribution in [1.29, 1.82) is 0 Å². The summed E-state index contributed by atoms with van der Waals surface area (Å²) < 4.78 is 63.7. The molecule has 0 atom stereocenters. The largest absolute Gasteiger partial charge is 0.309 e. The molecule has 0 saturated carbocycles. The second-order valence-corrected chi connectivity index (χ2v) is 10.7. The average molecular weight is 553 g/mol. The van der Waals surface area contributed by atoms with E-state index in [-0.39, 0.29) is 40.5 Å². The number of para-hydroxylation sites is 2. The zero-order valence-corrected chi connectivity index (χ0v) is 23.0. The molecule has 0 bridgehead atoms. The molecule has 200 valence electrons. The van der Waals surface area contributed by atoms with E-state index in [1.807, 2.05) is 54.6 Å². The van der Waals surface area contributed by atoms with Crippen LogP contribution in [0.2, 0.25) is 0 Å². The van der Waals surface area contributed by atoms with Crippen LogP contribution in [-0.4, -0.2) is 4.57 Å². The first-order valence-electron chi connectivity index (χ1n) is 17.8. The van der Waals surface area contributed by atoms with E-state index in [0.717, 1.165) is 60.2 Å². The van der Waals surface area contributed by atoms with Crippen molar-refractivity contribution in [2.24, 2.45) is 0 Å². The lowest BCUT2D eigenvalue weighted by molar-refractivity contribution is 1.18. The topological polar surface area (TPSA) is 4.93 Å². The van der Waals surface area contributed by atoms with Crippen LogP contribution in [-0.2, 0) is 0 Å². The number of nitrogens with zero attached hydrogens (tertiary/aromatic N) is 1. The minimum atomic E-state index is -0.481. The van der Waals surface area contributed by atoms with Gasteiger partial charge in [-0.2, -0.15) is 0 Å². The predicted octanol–water partition coefficient (Wildman–Crippen LogP) is 11.6. The van der Waals surface area contributed by atoms with Crippen molar-refractivity contribution in [2.45, 2.75) is 0 Å². The maximum atomic E-state index is 9.42. The molecule has 0 fully saturated rings. The smallest absolute Gasteiger partial charge is 0.0636 e. The van der Waals surface area contributed by atoms with Crippen molar-refractivity contribution in [3.05, 3.63) is 164 Å². The highest BCUT2D eigenvalue weighted by atomic mass is 15.0. The summed E-state index contributed by atoms with van der Waals surface area (Å²) in [6.07, 6.45) is 0. The third-order valence-electron chi connectivity index (χ3n) is 8.41. The molecule has 1 heteroatoms. The molecule has 1 heterocycles. The summed E-state index contributed by atoms with van der Waals surface area (Å²) in [6, 6.07) is 38.5. The lowest BCUT2D eigenvalue weighted by Crippen LogP contribution is -1.93. The third-order valence-corrected chi connectivity index (χ3v) is 8.41. The predicted molar refractivity (Wildman–Crippen MR) is 184 cm³/mol. The van der Waals surface area contributed by atoms with Crippen molar-refractivity contribution in [3.8, 4) is 27.9 Å². The minimum Gasteiger partial charge on any atom is -0.309 e. The fourth-order valence-corrected chi connectivity index (χ4v) is 6.68. The Morgan fingerprint density at radius 2 is 1.02 bits per heavy atom. The van der Waals surface area contributed by atoms with Crippen LogP contribution < -0.4 is 0 Å². The normalized spacial score (nSPS) is 14.0. The molecular formula is C42H27N. The summed E-state index contributed by atoms with van der Waals surface area (Å²) in [5.41, 5.74) is 6.03. The summed E-state index contributed by atoms with van der Waals surface area (Å²) in [5, 5.41) is 5.44. The monoisotopic (exact) mass is 552 g/mol. The molecule has 9 aromatic rings. The first-order chi connectivity index (χ1) is 24.3. The van der Waals surface area contributed by atoms with Crippen molar-refractivity contribution >= 4 is 54.1 Å². The number of fused-ring (bicyclic) bond motifs is 6. The molecule has 0 radical (unpaired) electrons. The Kier molecular flexibility index (Phi) is 3.95. The Morgan fingerprint density at radius 1 is 0.442 bits per heavy atom. The van der Waals surface area contributed by atoms with Crippen molar-refractivity contribution in [2.75, 3.05) is 0 Å². The van der Waals surface area contributed by atoms with Gasteiger partial charge < -0.3 is 4.57 Å². The highest BCUT2D eigenvalue weighted by molar-refractivity contribution is 6.26. The Balaban J connectivity index is 1.46. The molecule has 0 aliphatic heterocycles. The molecule has 0 aliphatic carbocycles. The lowest BCUT2D eigenvalue weighted by atomic mass is 9.84. The number of rotatable bonds is 3. The summed E-state index contributed by atoms with van der Waals surface area (Å²) in [4.78, 5) is 0. The zero-order chi connectivity index (χ0) is 34.4. The van der Waals surface area contributed by atoms with Crippen LogP contribution in [0.1, 0.15) is 9.60 Å². The quantitative estimate of drug-likeness (QED) is 0.192. The van der Waals surface area contributed by atoms with Gasteiger partial charge in [0, 0.05) is 16.5 Å². The summed E-state index contributed by atoms with van der Waals surface area (Å²) in [7, 11) is 0. The Hall–Kier alpha value is -5.66. The highest BCUT2D eigenvalue weighted by Crippen LogP contribution is 2.47. The molecule has 0 aliphatic rings. The first-order valence-corrected chi connectivity index (χ1v) is 14.3. The number of benzene rings is 8. The van der Waals surface area contributed by atoms with Gasteiger partial charge in [0.15, 0.2) is 0 Å². The fraction of sp³-hybridized carbons (Fsp3) is 0. The van der Waals surface area contributed by atoms with Gasteiger partial charge in [-0.25, -0.2) is 0 Å². The van der Waals surface area contributed by atoms with Gasteiger partial charge in [-0.15, -0.1) is 0 Å². The van der Waals surface area contributed by atoms with E-state index >= 15 is 0 Å². The molecule has 1 aromatic heterocycles. The molecule has 43 heavy (non-hydrogen) atoms. The van der Waals surface area contributed by atoms with E-state index in [1.165, 1.54) is 0 Å². The summed E-state index contributed by atoms with van der Waals surface area (Å²) in [6.45, 7) is 0. The van der Waals surface area contributed by atoms with E-state index in [4.69, 9.17) is 6.85 Å². The molecule has 0 amide bonds. The Labute approximate surface area is 259 Å². The van der Waals surface area contributed by atoms with Crippen LogP contribution in [0, 0.1) is 0 Å². The van der Waals surface area contributed by atoms with Gasteiger partial charge in [-0.1, -0.05) is 133 Å². The lowest BCUT2D eigenvalue weighted by Gasteiger charge is -2.19. The molecular weight excluding hydrogens is 518 g/mol. The van der Waals surface area contributed by atoms with Crippen molar-refractivity contribution in [3.63, 3.8) is 0 Å². The Morgan fingerprint density at radius 3 is 1.74 bits per heavy atom. The third kappa shape index (κ3) is 3.58. The number of aromatic nitrogens is 1. The first kappa shape index (κ1) is 18.0. The molecule has 1 nitrogen and oxygen atoms in total. The van der Waals surface area contributed by atoms with Gasteiger partial charge in [0.1, 0.15) is 0 Å². The van der Waals surface area contributed by atoms with Crippen LogP contribution >= 0.6 is 0 Å². The van der Waals surface area contributed by atoms with Gasteiger partial charge in [0.25, 0.3) is 0 Å². The molecule has 0 N–H and O–H groups in total.